The number of hydrogen-bond donors (Lipinski definition) is 1. The van der Waals surface area contributed by atoms with Gasteiger partial charge >= 0.3 is 6.18 Å². The molecule has 3 rings (SSSR count). The number of fused-ring (bicyclic) bond motifs is 1. The monoisotopic (exact) mass is 337 g/mol. The first-order valence-corrected chi connectivity index (χ1v) is 7.15. The number of pyridine rings is 1. The Morgan fingerprint density at radius 3 is 2.48 bits per heavy atom. The average molecular weight is 338 g/mol. The van der Waals surface area contributed by atoms with E-state index in [0.29, 0.717) is 21.5 Å². The third-order valence-corrected chi connectivity index (χ3v) is 3.87. The molecule has 0 aliphatic heterocycles. The zero-order chi connectivity index (χ0) is 16.6. The molecule has 2 aromatic carbocycles. The van der Waals surface area contributed by atoms with Crippen molar-refractivity contribution in [3.8, 4) is 11.3 Å². The molecule has 1 heterocycles. The van der Waals surface area contributed by atoms with Crippen LogP contribution in [-0.4, -0.2) is 10.1 Å². The average Bonchev–Trinajstić information content (AvgIpc) is 2.53. The van der Waals surface area contributed by atoms with Crippen LogP contribution in [0.5, 0.6) is 0 Å². The number of halogens is 4. The summed E-state index contributed by atoms with van der Waals surface area (Å²) in [6.07, 6.45) is -4.51. The number of benzene rings is 2. The van der Waals surface area contributed by atoms with Gasteiger partial charge in [-0.1, -0.05) is 35.9 Å². The minimum Gasteiger partial charge on any atom is -0.392 e. The number of rotatable bonds is 2. The lowest BCUT2D eigenvalue weighted by Crippen LogP contribution is -2.08. The van der Waals surface area contributed by atoms with Crippen molar-refractivity contribution in [2.75, 3.05) is 0 Å². The van der Waals surface area contributed by atoms with E-state index in [9.17, 15) is 18.3 Å². The van der Waals surface area contributed by atoms with Gasteiger partial charge < -0.3 is 5.11 Å². The largest absolute Gasteiger partial charge is 0.417 e. The second-order valence-corrected chi connectivity index (χ2v) is 5.41. The predicted octanol–water partition coefficient (Wildman–Crippen LogP) is 5.07. The Labute approximate surface area is 135 Å². The molecule has 0 aliphatic carbocycles. The number of alkyl halides is 3. The summed E-state index contributed by atoms with van der Waals surface area (Å²) in [5, 5.41) is 10.6. The van der Waals surface area contributed by atoms with E-state index < -0.39 is 18.3 Å². The van der Waals surface area contributed by atoms with Gasteiger partial charge in [0.25, 0.3) is 0 Å². The van der Waals surface area contributed by atoms with Crippen LogP contribution < -0.4 is 0 Å². The molecule has 6 heteroatoms. The molecule has 1 N–H and O–H groups in total. The Morgan fingerprint density at radius 2 is 1.78 bits per heavy atom. The minimum atomic E-state index is -4.51. The Balaban J connectivity index is 2.33. The summed E-state index contributed by atoms with van der Waals surface area (Å²) in [7, 11) is 0. The van der Waals surface area contributed by atoms with Gasteiger partial charge in [0, 0.05) is 21.5 Å². The highest BCUT2D eigenvalue weighted by molar-refractivity contribution is 6.35. The van der Waals surface area contributed by atoms with E-state index in [1.807, 2.05) is 0 Å². The van der Waals surface area contributed by atoms with Crippen molar-refractivity contribution < 1.29 is 18.3 Å². The predicted molar refractivity (Wildman–Crippen MR) is 83.1 cm³/mol. The molecule has 23 heavy (non-hydrogen) atoms. The standard InChI is InChI=1S/C17H11ClF3NO/c18-14-6-3-7-15-12(14)8-10(9-23)16(22-15)11-4-1-2-5-13(11)17(19,20)21/h1-8,23H,9H2. The summed E-state index contributed by atoms with van der Waals surface area (Å²) >= 11 is 6.09. The Morgan fingerprint density at radius 1 is 1.04 bits per heavy atom. The van der Waals surface area contributed by atoms with E-state index in [1.54, 1.807) is 24.3 Å². The molecule has 118 valence electrons. The van der Waals surface area contributed by atoms with Crippen molar-refractivity contribution in [1.29, 1.82) is 0 Å². The fourth-order valence-corrected chi connectivity index (χ4v) is 2.72. The molecule has 0 saturated heterocycles. The number of aromatic nitrogens is 1. The van der Waals surface area contributed by atoms with E-state index in [-0.39, 0.29) is 11.3 Å². The molecule has 0 amide bonds. The molecule has 1 aromatic heterocycles. The highest BCUT2D eigenvalue weighted by atomic mass is 35.5. The maximum atomic E-state index is 13.2. The molecule has 0 atom stereocenters. The Hall–Kier alpha value is -2.11. The summed E-state index contributed by atoms with van der Waals surface area (Å²) in [6, 6.07) is 11.8. The zero-order valence-corrected chi connectivity index (χ0v) is 12.5. The molecule has 0 spiro atoms. The number of hydrogen-bond acceptors (Lipinski definition) is 2. The molecule has 0 saturated carbocycles. The van der Waals surface area contributed by atoms with E-state index in [4.69, 9.17) is 11.6 Å². The van der Waals surface area contributed by atoms with Crippen molar-refractivity contribution in [1.82, 2.24) is 4.98 Å². The van der Waals surface area contributed by atoms with Crippen LogP contribution in [0.3, 0.4) is 0 Å². The third kappa shape index (κ3) is 2.90. The van der Waals surface area contributed by atoms with Gasteiger partial charge in [-0.15, -0.1) is 0 Å². The van der Waals surface area contributed by atoms with Crippen LogP contribution in [0, 0.1) is 0 Å². The van der Waals surface area contributed by atoms with Crippen LogP contribution in [-0.2, 0) is 12.8 Å². The highest BCUT2D eigenvalue weighted by Gasteiger charge is 2.34. The van der Waals surface area contributed by atoms with E-state index >= 15 is 0 Å². The lowest BCUT2D eigenvalue weighted by atomic mass is 9.98. The summed E-state index contributed by atoms with van der Waals surface area (Å²) in [4.78, 5) is 4.31. The maximum absolute atomic E-state index is 13.2. The van der Waals surface area contributed by atoms with Gasteiger partial charge in [-0.3, -0.25) is 0 Å². The summed E-state index contributed by atoms with van der Waals surface area (Å²) in [6.45, 7) is -0.435. The first-order valence-electron chi connectivity index (χ1n) is 6.77. The SMILES string of the molecule is OCc1cc2c(Cl)cccc2nc1-c1ccccc1C(F)(F)F. The third-order valence-electron chi connectivity index (χ3n) is 3.54. The lowest BCUT2D eigenvalue weighted by Gasteiger charge is -2.15. The van der Waals surface area contributed by atoms with Gasteiger partial charge in [-0.2, -0.15) is 13.2 Å². The summed E-state index contributed by atoms with van der Waals surface area (Å²) < 4.78 is 39.7. The van der Waals surface area contributed by atoms with Gasteiger partial charge in [0.2, 0.25) is 0 Å². The normalized spacial score (nSPS) is 11.9. The van der Waals surface area contributed by atoms with E-state index in [0.717, 1.165) is 6.07 Å². The molecular formula is C17H11ClF3NO. The Bertz CT molecular complexity index is 877. The first-order chi connectivity index (χ1) is 10.9. The van der Waals surface area contributed by atoms with Crippen LogP contribution in [0.15, 0.2) is 48.5 Å². The molecule has 2 nitrogen and oxygen atoms in total. The molecule has 0 bridgehead atoms. The van der Waals surface area contributed by atoms with Gasteiger partial charge in [-0.25, -0.2) is 4.98 Å². The first kappa shape index (κ1) is 15.8. The fraction of sp³-hybridized carbons (Fsp3) is 0.118. The second-order valence-electron chi connectivity index (χ2n) is 5.00. The van der Waals surface area contributed by atoms with Crippen molar-refractivity contribution in [3.05, 3.63) is 64.7 Å². The van der Waals surface area contributed by atoms with Crippen LogP contribution in [0.4, 0.5) is 13.2 Å². The molecule has 0 unspecified atom stereocenters. The quantitative estimate of drug-likeness (QED) is 0.708. The maximum Gasteiger partial charge on any atom is 0.417 e. The molecular weight excluding hydrogens is 327 g/mol. The van der Waals surface area contributed by atoms with Crippen LogP contribution >= 0.6 is 11.6 Å². The molecule has 0 aliphatic rings. The van der Waals surface area contributed by atoms with E-state index in [1.165, 1.54) is 18.2 Å². The van der Waals surface area contributed by atoms with Crippen LogP contribution in [0.2, 0.25) is 5.02 Å². The Kier molecular flexibility index (Phi) is 4.00. The number of nitrogens with zero attached hydrogens (tertiary/aromatic N) is 1. The smallest absolute Gasteiger partial charge is 0.392 e. The molecule has 0 fully saturated rings. The van der Waals surface area contributed by atoms with Crippen LogP contribution in [0.1, 0.15) is 11.1 Å². The van der Waals surface area contributed by atoms with E-state index in [2.05, 4.69) is 4.98 Å². The van der Waals surface area contributed by atoms with Crippen molar-refractivity contribution in [2.45, 2.75) is 12.8 Å². The van der Waals surface area contributed by atoms with Gasteiger partial charge in [0.15, 0.2) is 0 Å². The fourth-order valence-electron chi connectivity index (χ4n) is 2.49. The number of aliphatic hydroxyl groups excluding tert-OH is 1. The van der Waals surface area contributed by atoms with Crippen LogP contribution in [0.25, 0.3) is 22.2 Å². The van der Waals surface area contributed by atoms with Crippen molar-refractivity contribution in [2.24, 2.45) is 0 Å². The minimum absolute atomic E-state index is 0.0640. The molecule has 3 aromatic rings. The second kappa shape index (κ2) is 5.83. The summed E-state index contributed by atoms with van der Waals surface area (Å²) in [5.74, 6) is 0. The lowest BCUT2D eigenvalue weighted by molar-refractivity contribution is -0.137. The van der Waals surface area contributed by atoms with Crippen molar-refractivity contribution >= 4 is 22.5 Å². The zero-order valence-electron chi connectivity index (χ0n) is 11.7. The molecule has 0 radical (unpaired) electrons. The van der Waals surface area contributed by atoms with Crippen molar-refractivity contribution in [3.63, 3.8) is 0 Å². The summed E-state index contributed by atoms with van der Waals surface area (Å²) in [5.41, 5.74) is 0.0219. The highest BCUT2D eigenvalue weighted by Crippen LogP contribution is 2.38. The topological polar surface area (TPSA) is 33.1 Å². The van der Waals surface area contributed by atoms with Gasteiger partial charge in [0.1, 0.15) is 0 Å². The van der Waals surface area contributed by atoms with Gasteiger partial charge in [-0.05, 0) is 24.3 Å². The number of aliphatic hydroxyl groups is 1. The van der Waals surface area contributed by atoms with Gasteiger partial charge in [0.05, 0.1) is 23.4 Å².